The first-order valence-corrected chi connectivity index (χ1v) is 9.23. The highest BCUT2D eigenvalue weighted by molar-refractivity contribution is 6.44. The zero-order valence-electron chi connectivity index (χ0n) is 13.8. The molecule has 0 aromatic heterocycles. The highest BCUT2D eigenvalue weighted by Gasteiger charge is 2.21. The summed E-state index contributed by atoms with van der Waals surface area (Å²) >= 11 is 17.9. The fourth-order valence-corrected chi connectivity index (χ4v) is 3.46. The van der Waals surface area contributed by atoms with Crippen LogP contribution in [0.1, 0.15) is 0 Å². The molecule has 8 heteroatoms. The van der Waals surface area contributed by atoms with Gasteiger partial charge in [0.05, 0.1) is 33.0 Å². The van der Waals surface area contributed by atoms with Gasteiger partial charge in [-0.25, -0.2) is 4.39 Å². The third kappa shape index (κ3) is 4.60. The summed E-state index contributed by atoms with van der Waals surface area (Å²) in [5.74, 6) is -0.419. The number of nitrogens with zero attached hydrogens (tertiary/aromatic N) is 2. The molecule has 0 atom stereocenters. The standard InChI is InChI=1S/C18H17Cl3FN3O/c19-12-9-14(21)16(10-13(12)20)23-18(26)11-24-5-7-25(8-6-24)17-4-2-1-3-15(17)22/h1-4,9-10H,5-8,11H2,(H,23,26). The number of benzene rings is 2. The van der Waals surface area contributed by atoms with Crippen molar-refractivity contribution in [1.82, 2.24) is 4.90 Å². The maximum atomic E-state index is 13.9. The van der Waals surface area contributed by atoms with Gasteiger partial charge in [0, 0.05) is 26.2 Å². The number of piperazine rings is 1. The van der Waals surface area contributed by atoms with Gasteiger partial charge in [0.2, 0.25) is 5.91 Å². The van der Waals surface area contributed by atoms with E-state index < -0.39 is 0 Å². The molecule has 2 aromatic carbocycles. The quantitative estimate of drug-likeness (QED) is 0.743. The van der Waals surface area contributed by atoms with Gasteiger partial charge in [-0.1, -0.05) is 46.9 Å². The molecular formula is C18H17Cl3FN3O. The van der Waals surface area contributed by atoms with Crippen LogP contribution in [0.4, 0.5) is 15.8 Å². The predicted octanol–water partition coefficient (Wildman–Crippen LogP) is 4.55. The van der Waals surface area contributed by atoms with Crippen LogP contribution in [-0.2, 0) is 4.79 Å². The molecule has 2 aromatic rings. The van der Waals surface area contributed by atoms with Crippen LogP contribution in [0.5, 0.6) is 0 Å². The van der Waals surface area contributed by atoms with Crippen LogP contribution < -0.4 is 10.2 Å². The van der Waals surface area contributed by atoms with E-state index in [1.165, 1.54) is 18.2 Å². The smallest absolute Gasteiger partial charge is 0.238 e. The lowest BCUT2D eigenvalue weighted by molar-refractivity contribution is -0.117. The minimum Gasteiger partial charge on any atom is -0.367 e. The second-order valence-corrected chi connectivity index (χ2v) is 7.23. The molecule has 1 saturated heterocycles. The van der Waals surface area contributed by atoms with E-state index in [1.807, 2.05) is 15.9 Å². The molecule has 0 aliphatic carbocycles. The lowest BCUT2D eigenvalue weighted by Gasteiger charge is -2.35. The maximum absolute atomic E-state index is 13.9. The Morgan fingerprint density at radius 1 is 1.00 bits per heavy atom. The lowest BCUT2D eigenvalue weighted by atomic mass is 10.2. The summed E-state index contributed by atoms with van der Waals surface area (Å²) in [6.45, 7) is 2.86. The largest absolute Gasteiger partial charge is 0.367 e. The molecule has 4 nitrogen and oxygen atoms in total. The number of amides is 1. The molecule has 0 bridgehead atoms. The number of hydrogen-bond acceptors (Lipinski definition) is 3. The summed E-state index contributed by atoms with van der Waals surface area (Å²) in [7, 11) is 0. The molecule has 3 rings (SSSR count). The van der Waals surface area contributed by atoms with Crippen molar-refractivity contribution in [3.8, 4) is 0 Å². The highest BCUT2D eigenvalue weighted by atomic mass is 35.5. The van der Waals surface area contributed by atoms with Gasteiger partial charge in [0.15, 0.2) is 0 Å². The number of hydrogen-bond donors (Lipinski definition) is 1. The minimum absolute atomic E-state index is 0.190. The molecule has 1 fully saturated rings. The second kappa shape index (κ2) is 8.44. The number of halogens is 4. The van der Waals surface area contributed by atoms with Crippen molar-refractivity contribution in [2.45, 2.75) is 0 Å². The van der Waals surface area contributed by atoms with Crippen molar-refractivity contribution in [3.63, 3.8) is 0 Å². The van der Waals surface area contributed by atoms with Gasteiger partial charge in [-0.3, -0.25) is 9.69 Å². The second-order valence-electron chi connectivity index (χ2n) is 6.01. The molecule has 1 heterocycles. The minimum atomic E-state index is -0.229. The zero-order chi connectivity index (χ0) is 18.7. The van der Waals surface area contributed by atoms with Gasteiger partial charge in [0.1, 0.15) is 5.82 Å². The van der Waals surface area contributed by atoms with E-state index >= 15 is 0 Å². The number of rotatable bonds is 4. The fraction of sp³-hybridized carbons (Fsp3) is 0.278. The highest BCUT2D eigenvalue weighted by Crippen LogP contribution is 2.32. The monoisotopic (exact) mass is 415 g/mol. The van der Waals surface area contributed by atoms with Crippen LogP contribution >= 0.6 is 34.8 Å². The van der Waals surface area contributed by atoms with Crippen LogP contribution in [0, 0.1) is 5.82 Å². The molecule has 1 amide bonds. The molecule has 26 heavy (non-hydrogen) atoms. The SMILES string of the molecule is O=C(CN1CCN(c2ccccc2F)CC1)Nc1cc(Cl)c(Cl)cc1Cl. The van der Waals surface area contributed by atoms with E-state index in [-0.39, 0.29) is 18.3 Å². The van der Waals surface area contributed by atoms with E-state index in [0.717, 1.165) is 0 Å². The molecule has 1 aliphatic rings. The van der Waals surface area contributed by atoms with Crippen molar-refractivity contribution < 1.29 is 9.18 Å². The average molecular weight is 417 g/mol. The van der Waals surface area contributed by atoms with Gasteiger partial charge in [-0.15, -0.1) is 0 Å². The van der Waals surface area contributed by atoms with Gasteiger partial charge in [-0.05, 0) is 24.3 Å². The Morgan fingerprint density at radius 2 is 1.65 bits per heavy atom. The van der Waals surface area contributed by atoms with Crippen molar-refractivity contribution >= 4 is 52.1 Å². The number of anilines is 2. The average Bonchev–Trinajstić information content (AvgIpc) is 2.61. The first-order valence-electron chi connectivity index (χ1n) is 8.10. The van der Waals surface area contributed by atoms with E-state index in [0.29, 0.717) is 52.6 Å². The van der Waals surface area contributed by atoms with Crippen LogP contribution in [0.25, 0.3) is 0 Å². The molecule has 0 radical (unpaired) electrons. The van der Waals surface area contributed by atoms with Crippen molar-refractivity contribution in [3.05, 3.63) is 57.3 Å². The Labute approximate surface area is 166 Å². The molecule has 0 spiro atoms. The van der Waals surface area contributed by atoms with E-state index in [1.54, 1.807) is 12.1 Å². The fourth-order valence-electron chi connectivity index (χ4n) is 2.87. The van der Waals surface area contributed by atoms with Crippen molar-refractivity contribution in [2.75, 3.05) is 42.9 Å². The number of nitrogens with one attached hydrogen (secondary N) is 1. The topological polar surface area (TPSA) is 35.6 Å². The molecular weight excluding hydrogens is 400 g/mol. The Hall–Kier alpha value is -1.53. The summed E-state index contributed by atoms with van der Waals surface area (Å²) in [6, 6.07) is 9.74. The molecule has 1 N–H and O–H groups in total. The Morgan fingerprint density at radius 3 is 2.35 bits per heavy atom. The molecule has 0 saturated carbocycles. The number of carbonyl (C=O) groups excluding carboxylic acids is 1. The third-order valence-corrected chi connectivity index (χ3v) is 5.25. The Bertz CT molecular complexity index is 810. The molecule has 1 aliphatic heterocycles. The van der Waals surface area contributed by atoms with E-state index in [4.69, 9.17) is 34.8 Å². The summed E-state index contributed by atoms with van der Waals surface area (Å²) in [4.78, 5) is 16.3. The van der Waals surface area contributed by atoms with Crippen LogP contribution in [-0.4, -0.2) is 43.5 Å². The first kappa shape index (κ1) is 19.2. The maximum Gasteiger partial charge on any atom is 0.238 e. The Balaban J connectivity index is 1.54. The van der Waals surface area contributed by atoms with Gasteiger partial charge < -0.3 is 10.2 Å². The summed E-state index contributed by atoms with van der Waals surface area (Å²) in [5.41, 5.74) is 1.02. The van der Waals surface area contributed by atoms with E-state index in [9.17, 15) is 9.18 Å². The molecule has 138 valence electrons. The van der Waals surface area contributed by atoms with Crippen LogP contribution in [0.15, 0.2) is 36.4 Å². The predicted molar refractivity (Wildman–Crippen MR) is 105 cm³/mol. The zero-order valence-corrected chi connectivity index (χ0v) is 16.1. The lowest BCUT2D eigenvalue weighted by Crippen LogP contribution is -2.48. The third-order valence-electron chi connectivity index (χ3n) is 4.22. The van der Waals surface area contributed by atoms with Gasteiger partial charge in [0.25, 0.3) is 0 Å². The summed E-state index contributed by atoms with van der Waals surface area (Å²) in [6.07, 6.45) is 0. The van der Waals surface area contributed by atoms with Crippen LogP contribution in [0.2, 0.25) is 15.1 Å². The Kier molecular flexibility index (Phi) is 6.24. The van der Waals surface area contributed by atoms with Gasteiger partial charge in [-0.2, -0.15) is 0 Å². The van der Waals surface area contributed by atoms with Crippen molar-refractivity contribution in [2.24, 2.45) is 0 Å². The number of carbonyl (C=O) groups is 1. The summed E-state index contributed by atoms with van der Waals surface area (Å²) in [5, 5.41) is 3.74. The molecule has 0 unspecified atom stereocenters. The number of para-hydroxylation sites is 1. The van der Waals surface area contributed by atoms with Gasteiger partial charge >= 0.3 is 0 Å². The van der Waals surface area contributed by atoms with Crippen LogP contribution in [0.3, 0.4) is 0 Å². The normalized spacial score (nSPS) is 15.2. The van der Waals surface area contributed by atoms with E-state index in [2.05, 4.69) is 5.32 Å². The first-order chi connectivity index (χ1) is 12.4. The van der Waals surface area contributed by atoms with Crippen molar-refractivity contribution in [1.29, 1.82) is 0 Å². The summed E-state index contributed by atoms with van der Waals surface area (Å²) < 4.78 is 13.9.